The molecule has 2 aliphatic rings. The monoisotopic (exact) mass is 629 g/mol. The third-order valence-corrected chi connectivity index (χ3v) is 8.07. The van der Waals surface area contributed by atoms with Crippen LogP contribution in [-0.2, 0) is 15.8 Å². The third-order valence-electron chi connectivity index (χ3n) is 8.07. The average Bonchev–Trinajstić information content (AvgIpc) is 3.76. The summed E-state index contributed by atoms with van der Waals surface area (Å²) >= 11 is 0. The molecule has 6 N–H and O–H groups in total. The highest BCUT2D eigenvalue weighted by Crippen LogP contribution is 2.48. The lowest BCUT2D eigenvalue weighted by Gasteiger charge is -2.31. The molecule has 3 aromatic rings. The van der Waals surface area contributed by atoms with Crippen molar-refractivity contribution in [3.05, 3.63) is 70.2 Å². The van der Waals surface area contributed by atoms with E-state index >= 15 is 0 Å². The minimum absolute atomic E-state index is 0.0334. The highest BCUT2D eigenvalue weighted by Gasteiger charge is 2.57. The first-order valence-electron chi connectivity index (χ1n) is 13.9. The second-order valence-electron chi connectivity index (χ2n) is 11.4. The number of aromatic nitrogens is 1. The van der Waals surface area contributed by atoms with Gasteiger partial charge in [0.2, 0.25) is 11.5 Å². The van der Waals surface area contributed by atoms with E-state index in [1.54, 1.807) is 0 Å². The number of aliphatic hydroxyl groups is 1. The molecule has 0 bridgehead atoms. The first-order chi connectivity index (χ1) is 21.1. The van der Waals surface area contributed by atoms with E-state index in [1.807, 2.05) is 0 Å². The van der Waals surface area contributed by atoms with Crippen molar-refractivity contribution < 1.29 is 41.7 Å². The number of methoxy groups -OCH3 is 1. The molecule has 0 spiro atoms. The number of benzene rings is 2. The summed E-state index contributed by atoms with van der Waals surface area (Å²) in [4.78, 5) is 34.1. The molecule has 2 atom stereocenters. The maximum Gasteiger partial charge on any atom is 0.424 e. The van der Waals surface area contributed by atoms with Crippen LogP contribution in [0.4, 0.5) is 23.2 Å². The Kier molecular flexibility index (Phi) is 7.98. The molecule has 2 amide bonds. The molecule has 45 heavy (non-hydrogen) atoms. The number of nitrogen functional groups attached to an aromatic ring is 1. The van der Waals surface area contributed by atoms with Crippen LogP contribution in [0.2, 0.25) is 0 Å². The van der Waals surface area contributed by atoms with Crippen LogP contribution in [-0.4, -0.2) is 60.6 Å². The van der Waals surface area contributed by atoms with Crippen molar-refractivity contribution in [2.45, 2.75) is 49.9 Å². The SMILES string of the molecule is COc1cc(C(=O)NCC(O)(c2cc3c(c(-c4ccc(F)c(C)c4)n2)OC[C@]3(C)C(N)=O)C(F)(F)F)cc(C=NC2CC2)c1N. The van der Waals surface area contributed by atoms with Crippen LogP contribution in [0, 0.1) is 12.7 Å². The van der Waals surface area contributed by atoms with Crippen LogP contribution < -0.4 is 26.3 Å². The fourth-order valence-corrected chi connectivity index (χ4v) is 4.90. The molecule has 14 heteroatoms. The molecule has 2 heterocycles. The van der Waals surface area contributed by atoms with Gasteiger partial charge in [0.05, 0.1) is 31.1 Å². The average molecular weight is 630 g/mol. The summed E-state index contributed by atoms with van der Waals surface area (Å²) in [5.74, 6) is -2.35. The van der Waals surface area contributed by atoms with Crippen LogP contribution in [0.15, 0.2) is 41.4 Å². The number of nitrogens with zero attached hydrogens (tertiary/aromatic N) is 2. The molecule has 1 unspecified atom stereocenters. The lowest BCUT2D eigenvalue weighted by molar-refractivity contribution is -0.265. The second-order valence-corrected chi connectivity index (χ2v) is 11.4. The molecular formula is C31H31F4N5O5. The van der Waals surface area contributed by atoms with Crippen LogP contribution in [0.1, 0.15) is 52.5 Å². The predicted octanol–water partition coefficient (Wildman–Crippen LogP) is 3.68. The number of carbonyl (C=O) groups is 2. The maximum atomic E-state index is 14.7. The number of rotatable bonds is 9. The van der Waals surface area contributed by atoms with Gasteiger partial charge in [0, 0.05) is 28.5 Å². The Morgan fingerprint density at radius 3 is 2.56 bits per heavy atom. The third kappa shape index (κ3) is 5.77. The molecule has 1 fully saturated rings. The van der Waals surface area contributed by atoms with Crippen molar-refractivity contribution >= 4 is 23.7 Å². The topological polar surface area (TPSA) is 162 Å². The van der Waals surface area contributed by atoms with Gasteiger partial charge >= 0.3 is 6.18 Å². The van der Waals surface area contributed by atoms with E-state index in [4.69, 9.17) is 20.9 Å². The van der Waals surface area contributed by atoms with Gasteiger partial charge in [-0.15, -0.1) is 0 Å². The molecule has 1 aromatic heterocycles. The lowest BCUT2D eigenvalue weighted by atomic mass is 9.81. The number of alkyl halides is 3. The summed E-state index contributed by atoms with van der Waals surface area (Å²) in [6.45, 7) is 1.17. The number of hydrogen-bond donors (Lipinski definition) is 4. The van der Waals surface area contributed by atoms with Crippen molar-refractivity contribution in [3.8, 4) is 22.8 Å². The number of anilines is 1. The molecule has 5 rings (SSSR count). The van der Waals surface area contributed by atoms with Gasteiger partial charge in [-0.2, -0.15) is 13.2 Å². The quantitative estimate of drug-likeness (QED) is 0.159. The number of ether oxygens (including phenoxy) is 2. The molecule has 0 saturated heterocycles. The minimum atomic E-state index is -5.37. The lowest BCUT2D eigenvalue weighted by Crippen LogP contribution is -2.51. The van der Waals surface area contributed by atoms with E-state index in [0.717, 1.165) is 25.0 Å². The number of carbonyl (C=O) groups excluding carboxylic acids is 2. The zero-order valence-corrected chi connectivity index (χ0v) is 24.6. The van der Waals surface area contributed by atoms with E-state index in [2.05, 4.69) is 15.3 Å². The zero-order valence-electron chi connectivity index (χ0n) is 24.6. The Morgan fingerprint density at radius 2 is 1.96 bits per heavy atom. The molecular weight excluding hydrogens is 598 g/mol. The van der Waals surface area contributed by atoms with Gasteiger partial charge in [-0.1, -0.05) is 0 Å². The Hall–Kier alpha value is -4.72. The number of nitrogens with one attached hydrogen (secondary N) is 1. The second kappa shape index (κ2) is 11.3. The Bertz CT molecular complexity index is 1730. The standard InChI is InChI=1S/C31H31F4N5O5/c1-15-8-16(4-7-21(15)32)25-26-20(29(2,14-45-26)28(37)42)11-23(40-25)30(43,31(33,34)35)13-39-27(41)17-9-18(12-38-19-5-6-19)24(36)22(10-17)44-3/h4,7-12,19,43H,5-6,13-14,36H2,1-3H3,(H2,37,42)(H,39,41)/t29-,30?/m0/s1. The summed E-state index contributed by atoms with van der Waals surface area (Å²) in [5.41, 5.74) is 6.00. The fraction of sp³-hybridized carbons (Fsp3) is 0.355. The highest BCUT2D eigenvalue weighted by molar-refractivity contribution is 5.99. The molecule has 238 valence electrons. The van der Waals surface area contributed by atoms with Crippen LogP contribution >= 0.6 is 0 Å². The number of pyridine rings is 1. The van der Waals surface area contributed by atoms with E-state index in [9.17, 15) is 32.3 Å². The molecule has 1 aliphatic heterocycles. The van der Waals surface area contributed by atoms with Gasteiger partial charge in [-0.05, 0) is 68.7 Å². The summed E-state index contributed by atoms with van der Waals surface area (Å²) in [6.07, 6.45) is -2.08. The van der Waals surface area contributed by atoms with Gasteiger partial charge in [-0.25, -0.2) is 9.37 Å². The molecule has 1 aliphatic carbocycles. The van der Waals surface area contributed by atoms with Crippen LogP contribution in [0.3, 0.4) is 0 Å². The van der Waals surface area contributed by atoms with Gasteiger partial charge < -0.3 is 31.4 Å². The van der Waals surface area contributed by atoms with E-state index in [-0.39, 0.29) is 57.8 Å². The van der Waals surface area contributed by atoms with Crippen molar-refractivity contribution in [2.24, 2.45) is 10.7 Å². The maximum absolute atomic E-state index is 14.7. The number of aliphatic imine (C=N–C) groups is 1. The smallest absolute Gasteiger partial charge is 0.424 e. The predicted molar refractivity (Wildman–Crippen MR) is 157 cm³/mol. The molecule has 10 nitrogen and oxygen atoms in total. The minimum Gasteiger partial charge on any atom is -0.495 e. The number of nitrogens with two attached hydrogens (primary N) is 2. The summed E-state index contributed by atoms with van der Waals surface area (Å²) in [7, 11) is 1.32. The summed E-state index contributed by atoms with van der Waals surface area (Å²) in [5, 5.41) is 13.4. The Balaban J connectivity index is 1.57. The largest absolute Gasteiger partial charge is 0.495 e. The van der Waals surface area contributed by atoms with Crippen molar-refractivity contribution in [3.63, 3.8) is 0 Å². The van der Waals surface area contributed by atoms with Gasteiger partial charge in [0.25, 0.3) is 5.91 Å². The van der Waals surface area contributed by atoms with Gasteiger partial charge in [0.1, 0.15) is 35.0 Å². The van der Waals surface area contributed by atoms with Crippen LogP contribution in [0.25, 0.3) is 11.3 Å². The normalized spacial score (nSPS) is 19.1. The first-order valence-corrected chi connectivity index (χ1v) is 13.9. The van der Waals surface area contributed by atoms with E-state index in [1.165, 1.54) is 51.4 Å². The molecule has 2 aromatic carbocycles. The van der Waals surface area contributed by atoms with E-state index < -0.39 is 47.1 Å². The van der Waals surface area contributed by atoms with Gasteiger partial charge in [0.15, 0.2) is 0 Å². The number of fused-ring (bicyclic) bond motifs is 1. The van der Waals surface area contributed by atoms with E-state index in [0.29, 0.717) is 5.56 Å². The summed E-state index contributed by atoms with van der Waals surface area (Å²) < 4.78 is 69.3. The number of aryl methyl sites for hydroxylation is 1. The van der Waals surface area contributed by atoms with Crippen LogP contribution in [0.5, 0.6) is 11.5 Å². The fourth-order valence-electron chi connectivity index (χ4n) is 4.90. The molecule has 1 saturated carbocycles. The number of hydrogen-bond acceptors (Lipinski definition) is 8. The van der Waals surface area contributed by atoms with Gasteiger partial charge in [-0.3, -0.25) is 14.6 Å². The molecule has 0 radical (unpaired) electrons. The highest BCUT2D eigenvalue weighted by atomic mass is 19.4. The number of primary amides is 1. The number of amides is 2. The van der Waals surface area contributed by atoms with Crippen molar-refractivity contribution in [2.75, 3.05) is 26.0 Å². The summed E-state index contributed by atoms with van der Waals surface area (Å²) in [6, 6.07) is 7.37. The Labute approximate surface area is 255 Å². The van der Waals surface area contributed by atoms with Crippen molar-refractivity contribution in [1.82, 2.24) is 10.3 Å². The van der Waals surface area contributed by atoms with Crippen molar-refractivity contribution in [1.29, 1.82) is 0 Å². The Morgan fingerprint density at radius 1 is 1.24 bits per heavy atom. The zero-order chi connectivity index (χ0) is 32.9. The first kappa shape index (κ1) is 31.7. The number of halogens is 4.